The fraction of sp³-hybridized carbons (Fsp3) is 0.0588. The zero-order valence-corrected chi connectivity index (χ0v) is 12.3. The first-order valence-electron chi connectivity index (χ1n) is 6.94. The molecule has 4 amide bonds. The van der Waals surface area contributed by atoms with Crippen molar-refractivity contribution in [1.29, 1.82) is 0 Å². The second kappa shape index (κ2) is 5.84. The van der Waals surface area contributed by atoms with Gasteiger partial charge in [0.05, 0.1) is 0 Å². The maximum Gasteiger partial charge on any atom is 0.346 e. The summed E-state index contributed by atoms with van der Waals surface area (Å²) < 4.78 is 0. The fourth-order valence-corrected chi connectivity index (χ4v) is 2.31. The van der Waals surface area contributed by atoms with Gasteiger partial charge in [0, 0.05) is 23.9 Å². The Hall–Kier alpha value is -3.28. The topological polar surface area (TPSA) is 78.8 Å². The Balaban J connectivity index is 1.97. The van der Waals surface area contributed by atoms with Gasteiger partial charge in [0.2, 0.25) is 0 Å². The number of anilines is 1. The van der Waals surface area contributed by atoms with Crippen molar-refractivity contribution in [1.82, 2.24) is 4.90 Å². The molecule has 1 heterocycles. The minimum Gasteiger partial charge on any atom is -0.306 e. The predicted octanol–water partition coefficient (Wildman–Crippen LogP) is 2.32. The molecule has 2 aromatic rings. The van der Waals surface area contributed by atoms with Gasteiger partial charge in [0.15, 0.2) is 0 Å². The number of urea groups is 1. The number of fused-ring (bicyclic) bond motifs is 1. The number of amides is 4. The molecule has 3 rings (SSSR count). The van der Waals surface area contributed by atoms with Crippen molar-refractivity contribution in [3.8, 4) is 0 Å². The van der Waals surface area contributed by atoms with Gasteiger partial charge in [-0.15, -0.1) is 0 Å². The average Bonchev–Trinajstić information content (AvgIpc) is 2.57. The number of benzene rings is 2. The Bertz CT molecular complexity index is 828. The first kappa shape index (κ1) is 14.6. The van der Waals surface area contributed by atoms with Crippen molar-refractivity contribution in [2.45, 2.75) is 0 Å². The molecule has 114 valence electrons. The molecule has 0 radical (unpaired) electrons. The molecule has 6 heteroatoms. The van der Waals surface area contributed by atoms with Gasteiger partial charge in [0.1, 0.15) is 5.71 Å². The molecule has 6 nitrogen and oxygen atoms in total. The number of imide groups is 1. The second-order valence-corrected chi connectivity index (χ2v) is 4.97. The van der Waals surface area contributed by atoms with Gasteiger partial charge in [-0.2, -0.15) is 4.99 Å². The Labute approximate surface area is 132 Å². The molecule has 0 saturated carbocycles. The van der Waals surface area contributed by atoms with Crippen molar-refractivity contribution in [2.24, 2.45) is 4.99 Å². The van der Waals surface area contributed by atoms with E-state index in [1.165, 1.54) is 7.05 Å². The van der Waals surface area contributed by atoms with E-state index in [1.54, 1.807) is 48.5 Å². The quantitative estimate of drug-likeness (QED) is 0.821. The maximum atomic E-state index is 12.3. The van der Waals surface area contributed by atoms with Crippen molar-refractivity contribution < 1.29 is 14.4 Å². The highest BCUT2D eigenvalue weighted by Gasteiger charge is 2.33. The van der Waals surface area contributed by atoms with E-state index in [4.69, 9.17) is 0 Å². The molecule has 1 N–H and O–H groups in total. The van der Waals surface area contributed by atoms with E-state index in [-0.39, 0.29) is 5.71 Å². The van der Waals surface area contributed by atoms with Crippen LogP contribution in [-0.2, 0) is 4.79 Å². The monoisotopic (exact) mass is 307 g/mol. The average molecular weight is 307 g/mol. The van der Waals surface area contributed by atoms with E-state index in [1.807, 2.05) is 6.07 Å². The zero-order chi connectivity index (χ0) is 16.4. The fourth-order valence-electron chi connectivity index (χ4n) is 2.31. The lowest BCUT2D eigenvalue weighted by molar-refractivity contribution is -0.120. The molecule has 0 aliphatic carbocycles. The molecule has 1 aliphatic heterocycles. The molecule has 0 bridgehead atoms. The van der Waals surface area contributed by atoms with E-state index >= 15 is 0 Å². The Kier molecular flexibility index (Phi) is 3.72. The van der Waals surface area contributed by atoms with E-state index < -0.39 is 17.8 Å². The van der Waals surface area contributed by atoms with Crippen LogP contribution in [0.1, 0.15) is 15.9 Å². The van der Waals surface area contributed by atoms with Crippen molar-refractivity contribution in [3.05, 3.63) is 65.7 Å². The molecule has 0 atom stereocenters. The number of carbonyl (C=O) groups is 3. The largest absolute Gasteiger partial charge is 0.346 e. The first-order valence-corrected chi connectivity index (χ1v) is 6.94. The first-order chi connectivity index (χ1) is 11.1. The van der Waals surface area contributed by atoms with E-state index in [2.05, 4.69) is 10.3 Å². The number of nitrogens with zero attached hydrogens (tertiary/aromatic N) is 2. The summed E-state index contributed by atoms with van der Waals surface area (Å²) in [6, 6.07) is 14.7. The van der Waals surface area contributed by atoms with E-state index in [0.717, 1.165) is 4.90 Å². The van der Waals surface area contributed by atoms with Crippen LogP contribution in [0.2, 0.25) is 0 Å². The summed E-state index contributed by atoms with van der Waals surface area (Å²) >= 11 is 0. The third-order valence-electron chi connectivity index (χ3n) is 3.46. The summed E-state index contributed by atoms with van der Waals surface area (Å²) in [6.07, 6.45) is 0. The SMILES string of the molecule is CN1C(=O)/C(=N\C(=O)Nc2ccccc2)c2ccccc2C1=O. The van der Waals surface area contributed by atoms with Crippen LogP contribution in [0, 0.1) is 0 Å². The summed E-state index contributed by atoms with van der Waals surface area (Å²) in [7, 11) is 1.37. The molecule has 0 unspecified atom stereocenters. The Morgan fingerprint density at radius 1 is 0.913 bits per heavy atom. The van der Waals surface area contributed by atoms with Crippen LogP contribution >= 0.6 is 0 Å². The number of carbonyl (C=O) groups excluding carboxylic acids is 3. The van der Waals surface area contributed by atoms with E-state index in [9.17, 15) is 14.4 Å². The van der Waals surface area contributed by atoms with Crippen LogP contribution in [0.4, 0.5) is 10.5 Å². The predicted molar refractivity (Wildman–Crippen MR) is 85.5 cm³/mol. The lowest BCUT2D eigenvalue weighted by Crippen LogP contribution is -2.44. The number of para-hydroxylation sites is 1. The lowest BCUT2D eigenvalue weighted by Gasteiger charge is -2.23. The highest BCUT2D eigenvalue weighted by atomic mass is 16.2. The summed E-state index contributed by atoms with van der Waals surface area (Å²) in [4.78, 5) is 41.3. The summed E-state index contributed by atoms with van der Waals surface area (Å²) in [5.74, 6) is -1.01. The van der Waals surface area contributed by atoms with Crippen LogP contribution in [-0.4, -0.2) is 35.5 Å². The number of likely N-dealkylation sites (N-methyl/N-ethyl adjacent to an activating group) is 1. The lowest BCUT2D eigenvalue weighted by atomic mass is 9.97. The Morgan fingerprint density at radius 2 is 1.52 bits per heavy atom. The smallest absolute Gasteiger partial charge is 0.306 e. The summed E-state index contributed by atoms with van der Waals surface area (Å²) in [5, 5.41) is 2.58. The van der Waals surface area contributed by atoms with Crippen LogP contribution < -0.4 is 5.32 Å². The Morgan fingerprint density at radius 3 is 2.22 bits per heavy atom. The minimum atomic E-state index is -0.669. The van der Waals surface area contributed by atoms with Crippen molar-refractivity contribution in [3.63, 3.8) is 0 Å². The molecular weight excluding hydrogens is 294 g/mol. The number of hydrogen-bond acceptors (Lipinski definition) is 3. The summed E-state index contributed by atoms with van der Waals surface area (Å²) in [5.41, 5.74) is 1.24. The van der Waals surface area contributed by atoms with Gasteiger partial charge < -0.3 is 5.32 Å². The highest BCUT2D eigenvalue weighted by Crippen LogP contribution is 2.19. The molecule has 23 heavy (non-hydrogen) atoms. The number of hydrogen-bond donors (Lipinski definition) is 1. The van der Waals surface area contributed by atoms with Crippen molar-refractivity contribution >= 4 is 29.2 Å². The maximum absolute atomic E-state index is 12.3. The summed E-state index contributed by atoms with van der Waals surface area (Å²) in [6.45, 7) is 0. The second-order valence-electron chi connectivity index (χ2n) is 4.97. The van der Waals surface area contributed by atoms with Gasteiger partial charge >= 0.3 is 6.03 Å². The van der Waals surface area contributed by atoms with Gasteiger partial charge in [-0.05, 0) is 18.2 Å². The number of rotatable bonds is 1. The van der Waals surface area contributed by atoms with Crippen LogP contribution in [0.3, 0.4) is 0 Å². The van der Waals surface area contributed by atoms with Gasteiger partial charge in [-0.25, -0.2) is 4.79 Å². The van der Waals surface area contributed by atoms with Crippen LogP contribution in [0.15, 0.2) is 59.6 Å². The molecule has 0 fully saturated rings. The zero-order valence-electron chi connectivity index (χ0n) is 12.3. The molecule has 2 aromatic carbocycles. The molecule has 0 saturated heterocycles. The third-order valence-corrected chi connectivity index (χ3v) is 3.46. The number of nitrogens with one attached hydrogen (secondary N) is 1. The highest BCUT2D eigenvalue weighted by molar-refractivity contribution is 6.52. The number of aliphatic imine (C=N–C) groups is 1. The molecule has 1 aliphatic rings. The van der Waals surface area contributed by atoms with E-state index in [0.29, 0.717) is 16.8 Å². The standard InChI is InChI=1S/C17H13N3O3/c1-20-15(21)13-10-6-5-9-12(13)14(16(20)22)19-17(23)18-11-7-3-2-4-8-11/h2-10H,1H3,(H,18,23)/b19-14-. The molecule has 0 spiro atoms. The minimum absolute atomic E-state index is 0.0452. The van der Waals surface area contributed by atoms with Crippen LogP contribution in [0.25, 0.3) is 0 Å². The third kappa shape index (κ3) is 2.74. The molecule has 0 aromatic heterocycles. The van der Waals surface area contributed by atoms with Crippen LogP contribution in [0.5, 0.6) is 0 Å². The van der Waals surface area contributed by atoms with Gasteiger partial charge in [-0.3, -0.25) is 14.5 Å². The van der Waals surface area contributed by atoms with Gasteiger partial charge in [-0.1, -0.05) is 36.4 Å². The van der Waals surface area contributed by atoms with Crippen molar-refractivity contribution in [2.75, 3.05) is 12.4 Å². The van der Waals surface area contributed by atoms with Gasteiger partial charge in [0.25, 0.3) is 11.8 Å². The normalized spacial score (nSPS) is 15.5. The molecular formula is C17H13N3O3.